The molecule has 1 aliphatic heterocycles. The summed E-state index contributed by atoms with van der Waals surface area (Å²) in [5.74, 6) is 0. The number of nitrogens with zero attached hydrogens (tertiary/aromatic N) is 1. The Balaban J connectivity index is 3.01. The van der Waals surface area contributed by atoms with Gasteiger partial charge in [-0.15, -0.1) is 0 Å². The molecule has 1 heteroatoms. The van der Waals surface area contributed by atoms with Crippen LogP contribution in [0.2, 0.25) is 0 Å². The van der Waals surface area contributed by atoms with Crippen molar-refractivity contribution in [2.75, 3.05) is 6.54 Å². The Morgan fingerprint density at radius 2 is 1.53 bits per heavy atom. The van der Waals surface area contributed by atoms with Gasteiger partial charge < -0.3 is 0 Å². The van der Waals surface area contributed by atoms with Crippen LogP contribution in [0.5, 0.6) is 0 Å². The third-order valence-corrected chi connectivity index (χ3v) is 2.79. The van der Waals surface area contributed by atoms with Crippen LogP contribution in [0.1, 0.15) is 41.5 Å². The highest BCUT2D eigenvalue weighted by molar-refractivity contribution is 5.81. The number of hydrogen-bond acceptors (Lipinski definition) is 1. The first-order valence-corrected chi connectivity index (χ1v) is 5.63. The summed E-state index contributed by atoms with van der Waals surface area (Å²) >= 11 is 0. The van der Waals surface area contributed by atoms with E-state index in [1.54, 1.807) is 0 Å². The van der Waals surface area contributed by atoms with Gasteiger partial charge in [0.1, 0.15) is 0 Å². The molecule has 0 N–H and O–H groups in total. The third kappa shape index (κ3) is 3.33. The van der Waals surface area contributed by atoms with Gasteiger partial charge >= 0.3 is 0 Å². The second-order valence-corrected chi connectivity index (χ2v) is 6.28. The maximum atomic E-state index is 4.51. The van der Waals surface area contributed by atoms with Gasteiger partial charge in [0.2, 0.25) is 0 Å². The molecular formula is C14H23N. The minimum absolute atomic E-state index is 0.188. The molecule has 0 spiro atoms. The molecule has 0 amide bonds. The molecule has 15 heavy (non-hydrogen) atoms. The normalized spacial score (nSPS) is 18.3. The van der Waals surface area contributed by atoms with Crippen molar-refractivity contribution in [2.45, 2.75) is 41.5 Å². The van der Waals surface area contributed by atoms with Crippen LogP contribution in [0.4, 0.5) is 0 Å². The van der Waals surface area contributed by atoms with Crippen molar-refractivity contribution < 1.29 is 0 Å². The molecule has 84 valence electrons. The van der Waals surface area contributed by atoms with Gasteiger partial charge in [0, 0.05) is 6.21 Å². The van der Waals surface area contributed by atoms with Crippen molar-refractivity contribution in [3.8, 4) is 0 Å². The van der Waals surface area contributed by atoms with Crippen LogP contribution in [0.25, 0.3) is 0 Å². The van der Waals surface area contributed by atoms with Crippen molar-refractivity contribution in [2.24, 2.45) is 15.8 Å². The van der Waals surface area contributed by atoms with Crippen molar-refractivity contribution in [3.05, 3.63) is 23.3 Å². The second kappa shape index (κ2) is 3.96. The van der Waals surface area contributed by atoms with E-state index in [2.05, 4.69) is 58.7 Å². The van der Waals surface area contributed by atoms with Crippen molar-refractivity contribution in [3.63, 3.8) is 0 Å². The predicted octanol–water partition coefficient (Wildman–Crippen LogP) is 4.02. The molecule has 1 rings (SSSR count). The summed E-state index contributed by atoms with van der Waals surface area (Å²) < 4.78 is 0. The lowest BCUT2D eigenvalue weighted by molar-refractivity contribution is 0.496. The molecular weight excluding hydrogens is 182 g/mol. The maximum absolute atomic E-state index is 4.51. The van der Waals surface area contributed by atoms with E-state index < -0.39 is 0 Å². The zero-order valence-electron chi connectivity index (χ0n) is 10.9. The quantitative estimate of drug-likeness (QED) is 0.566. The monoisotopic (exact) mass is 205 g/mol. The Morgan fingerprint density at radius 3 is 2.00 bits per heavy atom. The highest BCUT2D eigenvalue weighted by Gasteiger charge is 2.19. The Kier molecular flexibility index (Phi) is 3.22. The van der Waals surface area contributed by atoms with Gasteiger partial charge in [0.05, 0.1) is 6.54 Å². The molecule has 0 aromatic carbocycles. The first-order valence-electron chi connectivity index (χ1n) is 5.63. The van der Waals surface area contributed by atoms with Crippen molar-refractivity contribution >= 4 is 6.21 Å². The van der Waals surface area contributed by atoms with Crippen LogP contribution >= 0.6 is 0 Å². The first-order chi connectivity index (χ1) is 6.71. The van der Waals surface area contributed by atoms with E-state index in [0.717, 1.165) is 6.54 Å². The fourth-order valence-electron chi connectivity index (χ4n) is 1.46. The second-order valence-electron chi connectivity index (χ2n) is 6.28. The summed E-state index contributed by atoms with van der Waals surface area (Å²) in [6.07, 6.45) is 6.49. The average Bonchev–Trinajstić information content (AvgIpc) is 2.24. The van der Waals surface area contributed by atoms with E-state index in [0.29, 0.717) is 0 Å². The number of rotatable bonds is 0. The Morgan fingerprint density at radius 1 is 0.933 bits per heavy atom. The van der Waals surface area contributed by atoms with Gasteiger partial charge in [0.15, 0.2) is 0 Å². The molecule has 0 aliphatic carbocycles. The minimum atomic E-state index is 0.188. The Hall–Kier alpha value is -0.850. The van der Waals surface area contributed by atoms with Crippen LogP contribution < -0.4 is 0 Å². The molecule has 0 aromatic heterocycles. The van der Waals surface area contributed by atoms with Gasteiger partial charge in [-0.2, -0.15) is 0 Å². The lowest BCUT2D eigenvalue weighted by Gasteiger charge is -2.20. The summed E-state index contributed by atoms with van der Waals surface area (Å²) in [5, 5.41) is 0. The summed E-state index contributed by atoms with van der Waals surface area (Å²) in [7, 11) is 0. The smallest absolute Gasteiger partial charge is 0.0607 e. The Labute approximate surface area is 94.0 Å². The summed E-state index contributed by atoms with van der Waals surface area (Å²) in [6, 6.07) is 0. The fraction of sp³-hybridized carbons (Fsp3) is 0.643. The van der Waals surface area contributed by atoms with E-state index in [9.17, 15) is 0 Å². The number of hydrogen-bond donors (Lipinski definition) is 0. The van der Waals surface area contributed by atoms with Crippen LogP contribution in [0.15, 0.2) is 28.3 Å². The van der Waals surface area contributed by atoms with E-state index in [-0.39, 0.29) is 10.8 Å². The molecule has 0 unspecified atom stereocenters. The SMILES string of the molecule is CC(C)(C)C1=CC=C(C(C)(C)C)CN=C1. The maximum Gasteiger partial charge on any atom is 0.0607 e. The van der Waals surface area contributed by atoms with E-state index in [1.807, 2.05) is 6.21 Å². The topological polar surface area (TPSA) is 12.4 Å². The van der Waals surface area contributed by atoms with Crippen LogP contribution in [-0.2, 0) is 0 Å². The van der Waals surface area contributed by atoms with Gasteiger partial charge in [-0.1, -0.05) is 53.7 Å². The van der Waals surface area contributed by atoms with Gasteiger partial charge in [-0.25, -0.2) is 0 Å². The molecule has 0 atom stereocenters. The lowest BCUT2D eigenvalue weighted by Crippen LogP contribution is -2.11. The summed E-state index contributed by atoms with van der Waals surface area (Å²) in [6.45, 7) is 14.2. The standard InChI is InChI=1S/C14H23N/c1-13(2,3)11-7-8-12(10-15-9-11)14(4,5)6/h7-9H,10H2,1-6H3. The zero-order valence-corrected chi connectivity index (χ0v) is 10.9. The number of allylic oxidation sites excluding steroid dienone is 3. The minimum Gasteiger partial charge on any atom is -0.288 e. The van der Waals surface area contributed by atoms with E-state index in [4.69, 9.17) is 0 Å². The molecule has 1 heterocycles. The van der Waals surface area contributed by atoms with E-state index in [1.165, 1.54) is 11.1 Å². The fourth-order valence-corrected chi connectivity index (χ4v) is 1.46. The predicted molar refractivity (Wildman–Crippen MR) is 68.4 cm³/mol. The lowest BCUT2D eigenvalue weighted by atomic mass is 9.84. The van der Waals surface area contributed by atoms with Crippen LogP contribution in [0.3, 0.4) is 0 Å². The van der Waals surface area contributed by atoms with Crippen molar-refractivity contribution in [1.82, 2.24) is 0 Å². The largest absolute Gasteiger partial charge is 0.288 e. The molecule has 1 nitrogen and oxygen atoms in total. The van der Waals surface area contributed by atoms with Crippen LogP contribution in [0, 0.1) is 10.8 Å². The molecule has 0 saturated heterocycles. The first kappa shape index (κ1) is 12.2. The van der Waals surface area contributed by atoms with Gasteiger partial charge in [-0.05, 0) is 22.0 Å². The van der Waals surface area contributed by atoms with Crippen LogP contribution in [-0.4, -0.2) is 12.8 Å². The molecule has 1 aliphatic rings. The van der Waals surface area contributed by atoms with Gasteiger partial charge in [-0.3, -0.25) is 4.99 Å². The zero-order chi connectivity index (χ0) is 11.7. The summed E-state index contributed by atoms with van der Waals surface area (Å²) in [4.78, 5) is 4.51. The van der Waals surface area contributed by atoms with Crippen molar-refractivity contribution in [1.29, 1.82) is 0 Å². The average molecular weight is 205 g/mol. The van der Waals surface area contributed by atoms with Gasteiger partial charge in [0.25, 0.3) is 0 Å². The Bertz CT molecular complexity index is 316. The summed E-state index contributed by atoms with van der Waals surface area (Å²) in [5.41, 5.74) is 3.12. The molecule has 0 radical (unpaired) electrons. The molecule has 0 aromatic rings. The third-order valence-electron chi connectivity index (χ3n) is 2.79. The molecule has 0 saturated carbocycles. The number of aliphatic imine (C=N–C) groups is 1. The molecule has 0 fully saturated rings. The van der Waals surface area contributed by atoms with E-state index >= 15 is 0 Å². The highest BCUT2D eigenvalue weighted by Crippen LogP contribution is 2.29. The molecule has 0 bridgehead atoms. The highest BCUT2D eigenvalue weighted by atomic mass is 14.7.